The largest absolute Gasteiger partial charge is 0.372 e. The average molecular weight is 224 g/mol. The number of nitrogens with zero attached hydrogens (tertiary/aromatic N) is 2. The number of rotatable bonds is 0. The van der Waals surface area contributed by atoms with Crippen LogP contribution < -0.4 is 0 Å². The van der Waals surface area contributed by atoms with Crippen LogP contribution in [0.5, 0.6) is 0 Å². The SMILES string of the molecule is c1cc2ccc1COCc1ccc(cc1)N=N2. The van der Waals surface area contributed by atoms with E-state index in [0.717, 1.165) is 22.5 Å². The number of azo groups is 1. The topological polar surface area (TPSA) is 34.0 Å². The van der Waals surface area contributed by atoms with Gasteiger partial charge in [-0.05, 0) is 35.4 Å². The van der Waals surface area contributed by atoms with E-state index in [2.05, 4.69) is 10.2 Å². The Morgan fingerprint density at radius 2 is 1.06 bits per heavy atom. The summed E-state index contributed by atoms with van der Waals surface area (Å²) in [6.07, 6.45) is 0. The average Bonchev–Trinajstić information content (AvgIpc) is 2.43. The van der Waals surface area contributed by atoms with Crippen molar-refractivity contribution < 1.29 is 4.74 Å². The van der Waals surface area contributed by atoms with Gasteiger partial charge in [0, 0.05) is 0 Å². The maximum atomic E-state index is 5.64. The van der Waals surface area contributed by atoms with Crippen molar-refractivity contribution >= 4 is 11.4 Å². The van der Waals surface area contributed by atoms with Crippen molar-refractivity contribution in [2.24, 2.45) is 10.2 Å². The molecule has 0 aromatic heterocycles. The van der Waals surface area contributed by atoms with E-state index in [9.17, 15) is 0 Å². The molecular formula is C14H12N2O. The van der Waals surface area contributed by atoms with Crippen LogP contribution >= 0.6 is 0 Å². The summed E-state index contributed by atoms with van der Waals surface area (Å²) < 4.78 is 5.64. The van der Waals surface area contributed by atoms with E-state index in [1.807, 2.05) is 48.5 Å². The Morgan fingerprint density at radius 1 is 0.647 bits per heavy atom. The van der Waals surface area contributed by atoms with Crippen LogP contribution in [0.2, 0.25) is 0 Å². The molecule has 3 nitrogen and oxygen atoms in total. The van der Waals surface area contributed by atoms with Crippen molar-refractivity contribution in [2.75, 3.05) is 0 Å². The van der Waals surface area contributed by atoms with Gasteiger partial charge in [-0.3, -0.25) is 0 Å². The number of benzene rings is 2. The van der Waals surface area contributed by atoms with Gasteiger partial charge in [0.05, 0.1) is 24.6 Å². The highest BCUT2D eigenvalue weighted by atomic mass is 16.5. The molecule has 84 valence electrons. The third kappa shape index (κ3) is 2.40. The first-order valence-corrected chi connectivity index (χ1v) is 5.57. The zero-order chi connectivity index (χ0) is 11.5. The first-order chi connectivity index (χ1) is 8.40. The third-order valence-corrected chi connectivity index (χ3v) is 2.69. The lowest BCUT2D eigenvalue weighted by atomic mass is 10.2. The molecule has 2 aromatic rings. The van der Waals surface area contributed by atoms with Crippen molar-refractivity contribution in [1.82, 2.24) is 0 Å². The van der Waals surface area contributed by atoms with Gasteiger partial charge in [-0.25, -0.2) is 0 Å². The molecule has 0 unspecified atom stereocenters. The standard InChI is InChI=1S/C14H12N2O/c1-5-13-6-2-11(1)9-17-10-12-3-7-14(8-4-12)16-15-13/h1-8H,9-10H2. The van der Waals surface area contributed by atoms with E-state index in [0.29, 0.717) is 13.2 Å². The minimum absolute atomic E-state index is 0.624. The summed E-state index contributed by atoms with van der Waals surface area (Å²) in [5, 5.41) is 8.37. The fourth-order valence-corrected chi connectivity index (χ4v) is 1.72. The summed E-state index contributed by atoms with van der Waals surface area (Å²) in [7, 11) is 0. The van der Waals surface area contributed by atoms with Crippen molar-refractivity contribution in [3.05, 3.63) is 59.7 Å². The third-order valence-electron chi connectivity index (χ3n) is 2.69. The molecule has 0 aliphatic carbocycles. The van der Waals surface area contributed by atoms with Crippen LogP contribution in [0.25, 0.3) is 0 Å². The number of ether oxygens (including phenoxy) is 1. The minimum atomic E-state index is 0.624. The molecule has 6 rings (SSSR count). The van der Waals surface area contributed by atoms with Gasteiger partial charge in [-0.1, -0.05) is 24.3 Å². The highest BCUT2D eigenvalue weighted by Crippen LogP contribution is 2.21. The number of hydrogen-bond donors (Lipinski definition) is 0. The summed E-state index contributed by atoms with van der Waals surface area (Å²) >= 11 is 0. The zero-order valence-electron chi connectivity index (χ0n) is 9.34. The Hall–Kier alpha value is -2.00. The van der Waals surface area contributed by atoms with Crippen LogP contribution in [-0.4, -0.2) is 0 Å². The molecule has 0 saturated carbocycles. The minimum Gasteiger partial charge on any atom is -0.372 e. The maximum absolute atomic E-state index is 5.64. The van der Waals surface area contributed by atoms with E-state index in [1.54, 1.807) is 0 Å². The lowest BCUT2D eigenvalue weighted by molar-refractivity contribution is 0.107. The molecule has 3 heteroatoms. The molecule has 4 heterocycles. The smallest absolute Gasteiger partial charge is 0.0857 e. The summed E-state index contributed by atoms with van der Waals surface area (Å²) in [5.41, 5.74) is 4.02. The molecule has 0 amide bonds. The van der Waals surface area contributed by atoms with Gasteiger partial charge in [0.1, 0.15) is 0 Å². The van der Waals surface area contributed by atoms with E-state index in [1.165, 1.54) is 0 Å². The van der Waals surface area contributed by atoms with Gasteiger partial charge in [0.2, 0.25) is 0 Å². The maximum Gasteiger partial charge on any atom is 0.0857 e. The van der Waals surface area contributed by atoms with Crippen LogP contribution in [0, 0.1) is 0 Å². The van der Waals surface area contributed by atoms with Gasteiger partial charge in [0.25, 0.3) is 0 Å². The van der Waals surface area contributed by atoms with Gasteiger partial charge in [-0.15, -0.1) is 0 Å². The summed E-state index contributed by atoms with van der Waals surface area (Å²) in [6, 6.07) is 15.9. The number of hydrogen-bond acceptors (Lipinski definition) is 3. The molecule has 17 heavy (non-hydrogen) atoms. The summed E-state index contributed by atoms with van der Waals surface area (Å²) in [5.74, 6) is 0. The summed E-state index contributed by atoms with van der Waals surface area (Å²) in [6.45, 7) is 1.25. The Kier molecular flexibility index (Phi) is 2.68. The first kappa shape index (κ1) is 10.2. The molecular weight excluding hydrogens is 212 g/mol. The van der Waals surface area contributed by atoms with E-state index < -0.39 is 0 Å². The Labute approximate surface area is 99.8 Å². The second-order valence-corrected chi connectivity index (χ2v) is 4.03. The van der Waals surface area contributed by atoms with Crippen molar-refractivity contribution in [1.29, 1.82) is 0 Å². The Bertz CT molecular complexity index is 480. The van der Waals surface area contributed by atoms with Crippen molar-refractivity contribution in [2.45, 2.75) is 13.2 Å². The van der Waals surface area contributed by atoms with Crippen molar-refractivity contribution in [3.63, 3.8) is 0 Å². The second-order valence-electron chi connectivity index (χ2n) is 4.03. The van der Waals surface area contributed by atoms with Crippen LogP contribution in [-0.2, 0) is 18.0 Å². The normalized spacial score (nSPS) is 14.1. The monoisotopic (exact) mass is 224 g/mol. The Balaban J connectivity index is 2.01. The second kappa shape index (κ2) is 4.47. The lowest BCUT2D eigenvalue weighted by Gasteiger charge is -2.04. The van der Waals surface area contributed by atoms with E-state index in [-0.39, 0.29) is 0 Å². The molecule has 0 spiro atoms. The lowest BCUT2D eigenvalue weighted by Crippen LogP contribution is -1.93. The highest BCUT2D eigenvalue weighted by molar-refractivity contribution is 5.42. The molecule has 0 saturated heterocycles. The molecule has 0 atom stereocenters. The fourth-order valence-electron chi connectivity index (χ4n) is 1.72. The van der Waals surface area contributed by atoms with Crippen LogP contribution in [0.3, 0.4) is 0 Å². The highest BCUT2D eigenvalue weighted by Gasteiger charge is 1.99. The molecule has 4 bridgehead atoms. The molecule has 4 aliphatic rings. The molecule has 4 aliphatic heterocycles. The van der Waals surface area contributed by atoms with Crippen LogP contribution in [0.1, 0.15) is 11.1 Å². The van der Waals surface area contributed by atoms with E-state index in [4.69, 9.17) is 4.74 Å². The Morgan fingerprint density at radius 3 is 1.47 bits per heavy atom. The molecule has 0 radical (unpaired) electrons. The molecule has 2 aromatic carbocycles. The quantitative estimate of drug-likeness (QED) is 0.662. The zero-order valence-corrected chi connectivity index (χ0v) is 9.34. The van der Waals surface area contributed by atoms with Gasteiger partial charge < -0.3 is 4.74 Å². The molecule has 0 N–H and O–H groups in total. The first-order valence-electron chi connectivity index (χ1n) is 5.57. The predicted octanol–water partition coefficient (Wildman–Crippen LogP) is 4.13. The van der Waals surface area contributed by atoms with Gasteiger partial charge in [0.15, 0.2) is 0 Å². The summed E-state index contributed by atoms with van der Waals surface area (Å²) in [4.78, 5) is 0. The van der Waals surface area contributed by atoms with Crippen LogP contribution in [0.15, 0.2) is 58.8 Å². The molecule has 0 fully saturated rings. The van der Waals surface area contributed by atoms with Crippen molar-refractivity contribution in [3.8, 4) is 0 Å². The van der Waals surface area contributed by atoms with E-state index >= 15 is 0 Å². The predicted molar refractivity (Wildman–Crippen MR) is 65.6 cm³/mol. The van der Waals surface area contributed by atoms with Crippen LogP contribution in [0.4, 0.5) is 11.4 Å². The fraction of sp³-hybridized carbons (Fsp3) is 0.143. The van der Waals surface area contributed by atoms with Gasteiger partial charge >= 0.3 is 0 Å². The van der Waals surface area contributed by atoms with Gasteiger partial charge in [-0.2, -0.15) is 10.2 Å².